The van der Waals surface area contributed by atoms with E-state index in [1.807, 2.05) is 71.9 Å². The van der Waals surface area contributed by atoms with Gasteiger partial charge in [-0.15, -0.1) is 0 Å². The summed E-state index contributed by atoms with van der Waals surface area (Å²) in [6.07, 6.45) is 3.94. The third kappa shape index (κ3) is 7.27. The normalized spacial score (nSPS) is 21.4. The maximum atomic E-state index is 12.4. The van der Waals surface area contributed by atoms with Gasteiger partial charge in [-0.05, 0) is 31.2 Å². The van der Waals surface area contributed by atoms with Gasteiger partial charge in [0.25, 0.3) is 0 Å². The van der Waals surface area contributed by atoms with Gasteiger partial charge < -0.3 is 9.64 Å². The second-order valence-electron chi connectivity index (χ2n) is 10.6. The Kier molecular flexibility index (Phi) is 8.58. The Labute approximate surface area is 187 Å². The van der Waals surface area contributed by atoms with Crippen molar-refractivity contribution in [3.8, 4) is 0 Å². The quantitative estimate of drug-likeness (QED) is 0.701. The summed E-state index contributed by atoms with van der Waals surface area (Å²) in [5.41, 5.74) is 0.376. The molecule has 0 bridgehead atoms. The van der Waals surface area contributed by atoms with Crippen LogP contribution in [-0.2, 0) is 25.5 Å². The number of carbonyl (C=O) groups is 3. The van der Waals surface area contributed by atoms with Gasteiger partial charge in [0, 0.05) is 24.0 Å². The number of amides is 1. The number of nitrogens with zero attached hydrogens (tertiary/aromatic N) is 1. The van der Waals surface area contributed by atoms with Gasteiger partial charge in [0.2, 0.25) is 5.91 Å². The predicted octanol–water partition coefficient (Wildman–Crippen LogP) is 4.62. The number of Topliss-reactive ketones (excluding diaryl/α,β-unsaturated/α-hetero) is 2. The molecule has 0 radical (unpaired) electrons. The second kappa shape index (κ2) is 10.5. The first-order valence-electron chi connectivity index (χ1n) is 11.4. The molecule has 2 aliphatic rings. The Hall–Kier alpha value is -2.01. The highest BCUT2D eigenvalue weighted by Gasteiger charge is 2.38. The van der Waals surface area contributed by atoms with Crippen molar-refractivity contribution in [1.82, 2.24) is 4.90 Å². The summed E-state index contributed by atoms with van der Waals surface area (Å²) in [5.74, 6) is 0.489. The molecule has 1 aromatic rings. The lowest BCUT2D eigenvalue weighted by Gasteiger charge is -2.29. The lowest BCUT2D eigenvalue weighted by molar-refractivity contribution is -0.140. The number of hydrogen-bond acceptors (Lipinski definition) is 4. The highest BCUT2D eigenvalue weighted by molar-refractivity contribution is 5.93. The van der Waals surface area contributed by atoms with Crippen molar-refractivity contribution in [2.75, 3.05) is 13.2 Å². The fourth-order valence-corrected chi connectivity index (χ4v) is 3.98. The molecule has 1 amide bonds. The Morgan fingerprint density at radius 3 is 2.03 bits per heavy atom. The molecular weight excluding hydrogens is 390 g/mol. The number of benzene rings is 1. The second-order valence-corrected chi connectivity index (χ2v) is 10.6. The highest BCUT2D eigenvalue weighted by Crippen LogP contribution is 2.27. The molecule has 172 valence electrons. The summed E-state index contributed by atoms with van der Waals surface area (Å²) in [6.45, 7) is 13.1. The van der Waals surface area contributed by atoms with Crippen molar-refractivity contribution in [2.24, 2.45) is 10.8 Å². The van der Waals surface area contributed by atoms with E-state index >= 15 is 0 Å². The van der Waals surface area contributed by atoms with Gasteiger partial charge in [0.05, 0.1) is 12.5 Å². The fourth-order valence-electron chi connectivity index (χ4n) is 3.98. The number of ketones is 2. The van der Waals surface area contributed by atoms with Crippen LogP contribution in [0.4, 0.5) is 0 Å². The van der Waals surface area contributed by atoms with E-state index in [0.29, 0.717) is 13.0 Å². The number of carbonyl (C=O) groups excluding carboxylic acids is 3. The lowest BCUT2D eigenvalue weighted by atomic mass is 9.85. The van der Waals surface area contributed by atoms with Crippen molar-refractivity contribution >= 4 is 17.5 Å². The van der Waals surface area contributed by atoms with Crippen LogP contribution in [0.1, 0.15) is 72.8 Å². The molecule has 2 saturated heterocycles. The minimum Gasteiger partial charge on any atom is -0.370 e. The van der Waals surface area contributed by atoms with E-state index < -0.39 is 0 Å². The molecule has 0 spiro atoms. The minimum absolute atomic E-state index is 0.0660. The first kappa shape index (κ1) is 25.3. The molecule has 2 heterocycles. The van der Waals surface area contributed by atoms with Crippen LogP contribution in [0.25, 0.3) is 0 Å². The standard InChI is InChI=1S/C17H23NO2.C9H16O2/c1-17(2,3)16(20)14-10-7-11-18(14)15(19)12-13-8-5-4-6-9-13;1-9(2,3)8(10)7-5-4-6-11-7/h4-6,8-9,14H,7,10-12H2,1-3H3;7H,4-6H2,1-3H3/t14-;7-/m01/s1. The Bertz CT molecular complexity index is 752. The summed E-state index contributed by atoms with van der Waals surface area (Å²) >= 11 is 0. The van der Waals surface area contributed by atoms with Crippen LogP contribution in [-0.4, -0.2) is 47.7 Å². The lowest BCUT2D eigenvalue weighted by Crippen LogP contribution is -2.45. The molecule has 0 N–H and O–H groups in total. The number of hydrogen-bond donors (Lipinski definition) is 0. The van der Waals surface area contributed by atoms with Gasteiger partial charge in [0.15, 0.2) is 11.6 Å². The highest BCUT2D eigenvalue weighted by atomic mass is 16.5. The molecule has 2 atom stereocenters. The van der Waals surface area contributed by atoms with E-state index in [-0.39, 0.29) is 40.4 Å². The van der Waals surface area contributed by atoms with Crippen LogP contribution < -0.4 is 0 Å². The van der Waals surface area contributed by atoms with E-state index in [2.05, 4.69) is 0 Å². The molecule has 5 nitrogen and oxygen atoms in total. The molecule has 0 unspecified atom stereocenters. The fraction of sp³-hybridized carbons (Fsp3) is 0.654. The molecule has 0 saturated carbocycles. The monoisotopic (exact) mass is 429 g/mol. The Balaban J connectivity index is 0.000000262. The average molecular weight is 430 g/mol. The molecule has 2 aliphatic heterocycles. The largest absolute Gasteiger partial charge is 0.370 e. The van der Waals surface area contributed by atoms with Crippen molar-refractivity contribution in [3.63, 3.8) is 0 Å². The number of rotatable bonds is 4. The van der Waals surface area contributed by atoms with Crippen molar-refractivity contribution in [1.29, 1.82) is 0 Å². The SMILES string of the molecule is CC(C)(C)C(=O)[C@@H]1CCCN1C(=O)Cc1ccccc1.CC(C)(C)C(=O)[C@H]1CCCO1. The first-order valence-corrected chi connectivity index (χ1v) is 11.4. The first-order chi connectivity index (χ1) is 14.4. The summed E-state index contributed by atoms with van der Waals surface area (Å²) in [5, 5.41) is 0. The van der Waals surface area contributed by atoms with Gasteiger partial charge >= 0.3 is 0 Å². The molecule has 0 aliphatic carbocycles. The van der Waals surface area contributed by atoms with Crippen molar-refractivity contribution in [3.05, 3.63) is 35.9 Å². The van der Waals surface area contributed by atoms with Crippen LogP contribution in [0.3, 0.4) is 0 Å². The van der Waals surface area contributed by atoms with Crippen molar-refractivity contribution in [2.45, 2.75) is 85.8 Å². The minimum atomic E-state index is -0.389. The predicted molar refractivity (Wildman–Crippen MR) is 123 cm³/mol. The summed E-state index contributed by atoms with van der Waals surface area (Å²) in [4.78, 5) is 38.2. The molecule has 3 rings (SSSR count). The zero-order valence-electron chi connectivity index (χ0n) is 20.1. The van der Waals surface area contributed by atoms with Crippen LogP contribution in [0.5, 0.6) is 0 Å². The van der Waals surface area contributed by atoms with Gasteiger partial charge in [-0.2, -0.15) is 0 Å². The molecule has 0 aromatic heterocycles. The maximum absolute atomic E-state index is 12.4. The number of ether oxygens (including phenoxy) is 1. The van der Waals surface area contributed by atoms with Crippen LogP contribution in [0, 0.1) is 10.8 Å². The summed E-state index contributed by atoms with van der Waals surface area (Å²) < 4.78 is 5.29. The topological polar surface area (TPSA) is 63.7 Å². The Morgan fingerprint density at radius 1 is 0.903 bits per heavy atom. The average Bonchev–Trinajstić information content (AvgIpc) is 3.38. The van der Waals surface area contributed by atoms with Gasteiger partial charge in [-0.1, -0.05) is 71.9 Å². The van der Waals surface area contributed by atoms with E-state index in [9.17, 15) is 14.4 Å². The van der Waals surface area contributed by atoms with E-state index in [1.54, 1.807) is 4.90 Å². The van der Waals surface area contributed by atoms with Gasteiger partial charge in [-0.3, -0.25) is 14.4 Å². The molecule has 1 aromatic carbocycles. The molecule has 31 heavy (non-hydrogen) atoms. The summed E-state index contributed by atoms with van der Waals surface area (Å²) in [7, 11) is 0. The summed E-state index contributed by atoms with van der Waals surface area (Å²) in [6, 6.07) is 9.49. The maximum Gasteiger partial charge on any atom is 0.227 e. The smallest absolute Gasteiger partial charge is 0.227 e. The molecule has 2 fully saturated rings. The Morgan fingerprint density at radius 2 is 1.52 bits per heavy atom. The zero-order valence-corrected chi connectivity index (χ0v) is 20.1. The van der Waals surface area contributed by atoms with Gasteiger partial charge in [-0.25, -0.2) is 0 Å². The van der Waals surface area contributed by atoms with Gasteiger partial charge in [0.1, 0.15) is 6.10 Å². The number of likely N-dealkylation sites (tertiary alicyclic amines) is 1. The van der Waals surface area contributed by atoms with Crippen LogP contribution >= 0.6 is 0 Å². The van der Waals surface area contributed by atoms with E-state index in [0.717, 1.165) is 37.9 Å². The third-order valence-corrected chi connectivity index (χ3v) is 5.77. The van der Waals surface area contributed by atoms with E-state index in [4.69, 9.17) is 4.74 Å². The van der Waals surface area contributed by atoms with Crippen molar-refractivity contribution < 1.29 is 19.1 Å². The zero-order chi connectivity index (χ0) is 23.2. The third-order valence-electron chi connectivity index (χ3n) is 5.77. The molecule has 5 heteroatoms. The van der Waals surface area contributed by atoms with Crippen LogP contribution in [0.2, 0.25) is 0 Å². The van der Waals surface area contributed by atoms with E-state index in [1.165, 1.54) is 0 Å². The van der Waals surface area contributed by atoms with Crippen LogP contribution in [0.15, 0.2) is 30.3 Å². The molecular formula is C26H39NO4.